The first kappa shape index (κ1) is 18.8. The van der Waals surface area contributed by atoms with Gasteiger partial charge in [-0.2, -0.15) is 0 Å². The molecule has 0 fully saturated rings. The van der Waals surface area contributed by atoms with E-state index in [0.29, 0.717) is 30.9 Å². The molecule has 1 atom stereocenters. The number of nitrogens with one attached hydrogen (secondary N) is 1. The van der Waals surface area contributed by atoms with Gasteiger partial charge in [-0.3, -0.25) is 9.59 Å². The molecule has 1 aliphatic heterocycles. The van der Waals surface area contributed by atoms with E-state index in [1.54, 1.807) is 24.3 Å². The summed E-state index contributed by atoms with van der Waals surface area (Å²) in [5.74, 6) is 0.395. The number of hydrogen-bond acceptors (Lipinski definition) is 4. The Kier molecular flexibility index (Phi) is 5.64. The number of hydrogen-bond donors (Lipinski definition) is 2. The van der Waals surface area contributed by atoms with Crippen LogP contribution < -0.4 is 14.8 Å². The molecule has 0 aromatic heterocycles. The van der Waals surface area contributed by atoms with Gasteiger partial charge in [-0.25, -0.2) is 0 Å². The highest BCUT2D eigenvalue weighted by molar-refractivity contribution is 5.95. The van der Waals surface area contributed by atoms with Crippen molar-refractivity contribution >= 4 is 17.6 Å². The largest absolute Gasteiger partial charge is 0.494 e. The summed E-state index contributed by atoms with van der Waals surface area (Å²) in [4.78, 5) is 23.0. The lowest BCUT2D eigenvalue weighted by Crippen LogP contribution is -2.31. The van der Waals surface area contributed by atoms with Gasteiger partial charge in [-0.15, -0.1) is 0 Å². The molecule has 1 amide bonds. The van der Waals surface area contributed by atoms with Crippen LogP contribution in [0.1, 0.15) is 29.5 Å². The SMILES string of the molecule is Cc1cc2c(cc1C)OC(C(=O)Nc1ccc(OCCCC(=O)O)cc1)C2. The number of aliphatic carboxylic acids is 1. The minimum Gasteiger partial charge on any atom is -0.494 e. The van der Waals surface area contributed by atoms with Crippen molar-refractivity contribution in [2.24, 2.45) is 0 Å². The van der Waals surface area contributed by atoms with Crippen LogP contribution in [-0.4, -0.2) is 29.7 Å². The highest BCUT2D eigenvalue weighted by Crippen LogP contribution is 2.32. The summed E-state index contributed by atoms with van der Waals surface area (Å²) >= 11 is 0. The van der Waals surface area contributed by atoms with Crippen LogP contribution in [0, 0.1) is 13.8 Å². The number of carboxylic acid groups (broad SMARTS) is 1. The molecule has 3 rings (SSSR count). The third kappa shape index (κ3) is 4.78. The number of carbonyl (C=O) groups is 2. The van der Waals surface area contributed by atoms with Crippen LogP contribution in [-0.2, 0) is 16.0 Å². The summed E-state index contributed by atoms with van der Waals surface area (Å²) in [7, 11) is 0. The van der Waals surface area contributed by atoms with E-state index in [1.807, 2.05) is 19.9 Å². The van der Waals surface area contributed by atoms with Crippen molar-refractivity contribution in [2.75, 3.05) is 11.9 Å². The van der Waals surface area contributed by atoms with E-state index in [-0.39, 0.29) is 12.3 Å². The molecule has 0 saturated carbocycles. The number of anilines is 1. The number of carbonyl (C=O) groups excluding carboxylic acids is 1. The first-order valence-electron chi connectivity index (χ1n) is 8.94. The van der Waals surface area contributed by atoms with Crippen molar-refractivity contribution in [1.82, 2.24) is 0 Å². The number of rotatable bonds is 7. The summed E-state index contributed by atoms with van der Waals surface area (Å²) in [5, 5.41) is 11.5. The van der Waals surface area contributed by atoms with Gasteiger partial charge in [0.05, 0.1) is 6.61 Å². The highest BCUT2D eigenvalue weighted by atomic mass is 16.5. The average molecular weight is 369 g/mol. The molecule has 1 unspecified atom stereocenters. The number of benzene rings is 2. The van der Waals surface area contributed by atoms with Crippen molar-refractivity contribution in [3.05, 3.63) is 53.1 Å². The molecular formula is C21H23NO5. The van der Waals surface area contributed by atoms with Crippen LogP contribution in [0.15, 0.2) is 36.4 Å². The zero-order valence-corrected chi connectivity index (χ0v) is 15.5. The number of fused-ring (bicyclic) bond motifs is 1. The number of amides is 1. The van der Waals surface area contributed by atoms with E-state index < -0.39 is 12.1 Å². The quantitative estimate of drug-likeness (QED) is 0.730. The van der Waals surface area contributed by atoms with Gasteiger partial charge in [0.1, 0.15) is 11.5 Å². The molecule has 27 heavy (non-hydrogen) atoms. The summed E-state index contributed by atoms with van der Waals surface area (Å²) in [6, 6.07) is 11.0. The van der Waals surface area contributed by atoms with Gasteiger partial charge in [0.25, 0.3) is 5.91 Å². The van der Waals surface area contributed by atoms with Crippen LogP contribution >= 0.6 is 0 Å². The summed E-state index contributed by atoms with van der Waals surface area (Å²) < 4.78 is 11.3. The van der Waals surface area contributed by atoms with Gasteiger partial charge in [0.15, 0.2) is 6.10 Å². The van der Waals surface area contributed by atoms with E-state index >= 15 is 0 Å². The monoisotopic (exact) mass is 369 g/mol. The first-order valence-corrected chi connectivity index (χ1v) is 8.94. The van der Waals surface area contributed by atoms with Crippen molar-refractivity contribution in [3.63, 3.8) is 0 Å². The molecule has 1 aliphatic rings. The average Bonchev–Trinajstić information content (AvgIpc) is 3.03. The molecule has 142 valence electrons. The Balaban J connectivity index is 1.52. The first-order chi connectivity index (χ1) is 12.9. The second-order valence-corrected chi connectivity index (χ2v) is 6.71. The highest BCUT2D eigenvalue weighted by Gasteiger charge is 2.29. The Morgan fingerprint density at radius 3 is 2.59 bits per heavy atom. The van der Waals surface area contributed by atoms with Gasteiger partial charge in [-0.1, -0.05) is 6.07 Å². The molecule has 0 aliphatic carbocycles. The topological polar surface area (TPSA) is 84.9 Å². The molecule has 6 heteroatoms. The molecule has 2 N–H and O–H groups in total. The van der Waals surface area contributed by atoms with Gasteiger partial charge < -0.3 is 19.9 Å². The third-order valence-electron chi connectivity index (χ3n) is 4.57. The third-order valence-corrected chi connectivity index (χ3v) is 4.57. The zero-order valence-electron chi connectivity index (χ0n) is 15.5. The smallest absolute Gasteiger partial charge is 0.303 e. The normalized spacial score (nSPS) is 15.0. The van der Waals surface area contributed by atoms with Gasteiger partial charge in [0, 0.05) is 18.5 Å². The van der Waals surface area contributed by atoms with E-state index in [9.17, 15) is 9.59 Å². The summed E-state index contributed by atoms with van der Waals surface area (Å²) in [5.41, 5.74) is 4.05. The fourth-order valence-corrected chi connectivity index (χ4v) is 2.93. The molecule has 2 aromatic carbocycles. The molecule has 2 aromatic rings. The van der Waals surface area contributed by atoms with Crippen molar-refractivity contribution in [3.8, 4) is 11.5 Å². The van der Waals surface area contributed by atoms with Crippen LogP contribution in [0.4, 0.5) is 5.69 Å². The van der Waals surface area contributed by atoms with Crippen LogP contribution in [0.2, 0.25) is 0 Å². The van der Waals surface area contributed by atoms with Crippen molar-refractivity contribution < 1.29 is 24.2 Å². The zero-order chi connectivity index (χ0) is 19.4. The Bertz CT molecular complexity index is 813. The van der Waals surface area contributed by atoms with E-state index in [4.69, 9.17) is 14.6 Å². The molecule has 0 bridgehead atoms. The molecule has 0 spiro atoms. The van der Waals surface area contributed by atoms with Gasteiger partial charge in [0.2, 0.25) is 0 Å². The maximum Gasteiger partial charge on any atom is 0.303 e. The Labute approximate surface area is 158 Å². The lowest BCUT2D eigenvalue weighted by atomic mass is 10.0. The van der Waals surface area contributed by atoms with E-state index in [1.165, 1.54) is 5.56 Å². The van der Waals surface area contributed by atoms with E-state index in [0.717, 1.165) is 16.9 Å². The van der Waals surface area contributed by atoms with Crippen LogP contribution in [0.5, 0.6) is 11.5 Å². The Morgan fingerprint density at radius 2 is 1.89 bits per heavy atom. The fraction of sp³-hybridized carbons (Fsp3) is 0.333. The minimum atomic E-state index is -0.835. The Hall–Kier alpha value is -3.02. The molecule has 0 radical (unpaired) electrons. The van der Waals surface area contributed by atoms with Crippen molar-refractivity contribution in [2.45, 2.75) is 39.2 Å². The summed E-state index contributed by atoms with van der Waals surface area (Å²) in [6.45, 7) is 4.41. The van der Waals surface area contributed by atoms with Crippen LogP contribution in [0.3, 0.4) is 0 Å². The summed E-state index contributed by atoms with van der Waals surface area (Å²) in [6.07, 6.45) is 0.559. The number of carboxylic acids is 1. The fourth-order valence-electron chi connectivity index (χ4n) is 2.93. The standard InChI is InChI=1S/C21H23NO5/c1-13-10-15-12-19(27-18(15)11-14(13)2)21(25)22-16-5-7-17(8-6-16)26-9-3-4-20(23)24/h5-8,10-11,19H,3-4,9,12H2,1-2H3,(H,22,25)(H,23,24). The van der Waals surface area contributed by atoms with Gasteiger partial charge in [-0.05, 0) is 67.3 Å². The maximum atomic E-state index is 12.5. The molecular weight excluding hydrogens is 346 g/mol. The lowest BCUT2D eigenvalue weighted by Gasteiger charge is -2.12. The van der Waals surface area contributed by atoms with Crippen molar-refractivity contribution in [1.29, 1.82) is 0 Å². The Morgan fingerprint density at radius 1 is 1.19 bits per heavy atom. The second-order valence-electron chi connectivity index (χ2n) is 6.71. The molecule has 1 heterocycles. The predicted octanol–water partition coefficient (Wildman–Crippen LogP) is 3.49. The number of ether oxygens (including phenoxy) is 2. The van der Waals surface area contributed by atoms with E-state index in [2.05, 4.69) is 11.4 Å². The molecule has 6 nitrogen and oxygen atoms in total. The predicted molar refractivity (Wildman–Crippen MR) is 101 cm³/mol. The second kappa shape index (κ2) is 8.12. The van der Waals surface area contributed by atoms with Gasteiger partial charge >= 0.3 is 5.97 Å². The lowest BCUT2D eigenvalue weighted by molar-refractivity contribution is -0.137. The van der Waals surface area contributed by atoms with Crippen LogP contribution in [0.25, 0.3) is 0 Å². The molecule has 0 saturated heterocycles. The minimum absolute atomic E-state index is 0.0803. The maximum absolute atomic E-state index is 12.5. The number of aryl methyl sites for hydroxylation is 2.